The molecule has 2 nitrogen and oxygen atoms in total. The molecule has 4 heteroatoms. The van der Waals surface area contributed by atoms with Crippen LogP contribution in [0.4, 0.5) is 34.1 Å². The second-order valence-electron chi connectivity index (χ2n) is 14.9. The van der Waals surface area contributed by atoms with E-state index in [0.717, 1.165) is 34.1 Å². The summed E-state index contributed by atoms with van der Waals surface area (Å²) in [6.07, 6.45) is 0. The molecule has 2 aromatic heterocycles. The Hall–Kier alpha value is -6.98. The lowest BCUT2D eigenvalue weighted by atomic mass is 9.93. The third-order valence-corrected chi connectivity index (χ3v) is 13.9. The fourth-order valence-electron chi connectivity index (χ4n) is 9.02. The lowest BCUT2D eigenvalue weighted by Gasteiger charge is -2.29. The smallest absolute Gasteiger partial charge is 0.0552 e. The van der Waals surface area contributed by atoms with Gasteiger partial charge in [0.05, 0.1) is 11.4 Å². The molecule has 0 fully saturated rings. The van der Waals surface area contributed by atoms with Crippen molar-refractivity contribution in [3.8, 4) is 0 Å². The maximum Gasteiger partial charge on any atom is 0.0552 e. The standard InChI is InChI=1S/C54H34N2S2/c1-3-15-36(16-4-1)55(38-26-28-44-42-20-9-11-24-50(42)57-52(44)33-38)48-23-13-22-46-41(48)30-31-47-40-19-8-7-14-35(40)32-49(54(46)47)56(37-17-5-2-6-18-37)39-27-29-45-43-21-10-12-25-51(43)58-53(45)34-39/h1-34H. The fourth-order valence-corrected chi connectivity index (χ4v) is 11.3. The summed E-state index contributed by atoms with van der Waals surface area (Å²) >= 11 is 3.72. The van der Waals surface area contributed by atoms with Crippen molar-refractivity contribution < 1.29 is 0 Å². The van der Waals surface area contributed by atoms with Gasteiger partial charge in [-0.25, -0.2) is 0 Å². The van der Waals surface area contributed by atoms with Crippen LogP contribution in [0.1, 0.15) is 0 Å². The van der Waals surface area contributed by atoms with Crippen LogP contribution in [-0.2, 0) is 0 Å². The van der Waals surface area contributed by atoms with Crippen LogP contribution in [0.3, 0.4) is 0 Å². The second kappa shape index (κ2) is 13.3. The van der Waals surface area contributed by atoms with Crippen molar-refractivity contribution in [3.05, 3.63) is 206 Å². The Morgan fingerprint density at radius 2 is 0.707 bits per heavy atom. The average Bonchev–Trinajstić information content (AvgIpc) is 3.85. The minimum atomic E-state index is 1.12. The monoisotopic (exact) mass is 774 g/mol. The van der Waals surface area contributed by atoms with E-state index >= 15 is 0 Å². The summed E-state index contributed by atoms with van der Waals surface area (Å²) in [5.41, 5.74) is 6.81. The van der Waals surface area contributed by atoms with Crippen molar-refractivity contribution in [2.75, 3.05) is 9.80 Å². The molecule has 0 aliphatic rings. The van der Waals surface area contributed by atoms with Crippen molar-refractivity contribution in [3.63, 3.8) is 0 Å². The van der Waals surface area contributed by atoms with Crippen LogP contribution in [0.5, 0.6) is 0 Å². The summed E-state index contributed by atoms with van der Waals surface area (Å²) in [7, 11) is 0. The van der Waals surface area contributed by atoms with Gasteiger partial charge in [-0.05, 0) is 94.3 Å². The maximum absolute atomic E-state index is 2.47. The van der Waals surface area contributed by atoms with Gasteiger partial charge in [0.25, 0.3) is 0 Å². The Morgan fingerprint density at radius 1 is 0.259 bits per heavy atom. The number of rotatable bonds is 6. The zero-order chi connectivity index (χ0) is 38.2. The highest BCUT2D eigenvalue weighted by atomic mass is 32.1. The predicted molar refractivity (Wildman–Crippen MR) is 254 cm³/mol. The van der Waals surface area contributed by atoms with E-state index in [-0.39, 0.29) is 0 Å². The van der Waals surface area contributed by atoms with Crippen LogP contribution < -0.4 is 9.80 Å². The zero-order valence-corrected chi connectivity index (χ0v) is 33.0. The molecule has 0 aliphatic carbocycles. The molecule has 10 aromatic carbocycles. The fraction of sp³-hybridized carbons (Fsp3) is 0. The highest BCUT2D eigenvalue weighted by Gasteiger charge is 2.23. The molecule has 0 saturated carbocycles. The van der Waals surface area contributed by atoms with E-state index in [4.69, 9.17) is 0 Å². The van der Waals surface area contributed by atoms with Crippen LogP contribution in [0, 0.1) is 0 Å². The molecule has 0 saturated heterocycles. The van der Waals surface area contributed by atoms with E-state index in [2.05, 4.69) is 216 Å². The van der Waals surface area contributed by atoms with Gasteiger partial charge in [-0.2, -0.15) is 0 Å². The summed E-state index contributed by atoms with van der Waals surface area (Å²) in [6, 6.07) is 75.8. The molecule has 0 bridgehead atoms. The van der Waals surface area contributed by atoms with Crippen LogP contribution in [0.2, 0.25) is 0 Å². The lowest BCUT2D eigenvalue weighted by molar-refractivity contribution is 1.30. The molecule has 0 atom stereocenters. The van der Waals surface area contributed by atoms with Crippen molar-refractivity contribution in [1.29, 1.82) is 0 Å². The number of fused-ring (bicyclic) bond motifs is 11. The molecule has 0 aliphatic heterocycles. The summed E-state index contributed by atoms with van der Waals surface area (Å²) in [6.45, 7) is 0. The molecule has 272 valence electrons. The summed E-state index contributed by atoms with van der Waals surface area (Å²) in [5.74, 6) is 0. The Kier molecular flexibility index (Phi) is 7.62. The first-order valence-electron chi connectivity index (χ1n) is 19.7. The molecule has 0 N–H and O–H groups in total. The van der Waals surface area contributed by atoms with Gasteiger partial charge in [-0.15, -0.1) is 22.7 Å². The molecule has 58 heavy (non-hydrogen) atoms. The number of benzene rings is 10. The van der Waals surface area contributed by atoms with Gasteiger partial charge in [-0.1, -0.05) is 133 Å². The summed E-state index contributed by atoms with van der Waals surface area (Å²) in [4.78, 5) is 4.90. The van der Waals surface area contributed by atoms with E-state index in [1.165, 1.54) is 72.7 Å². The summed E-state index contributed by atoms with van der Waals surface area (Å²) in [5, 5.41) is 12.5. The number of hydrogen-bond donors (Lipinski definition) is 0. The first-order chi connectivity index (χ1) is 28.8. The van der Waals surface area contributed by atoms with Crippen molar-refractivity contribution in [2.24, 2.45) is 0 Å². The number of thiophene rings is 2. The number of hydrogen-bond acceptors (Lipinski definition) is 4. The molecule has 0 spiro atoms. The first-order valence-corrected chi connectivity index (χ1v) is 21.3. The van der Waals surface area contributed by atoms with Crippen LogP contribution in [-0.4, -0.2) is 0 Å². The third-order valence-electron chi connectivity index (χ3n) is 11.6. The number of nitrogens with zero attached hydrogens (tertiary/aromatic N) is 2. The number of anilines is 6. The van der Waals surface area contributed by atoms with Crippen molar-refractivity contribution in [2.45, 2.75) is 0 Å². The highest BCUT2D eigenvalue weighted by Crippen LogP contribution is 2.49. The van der Waals surface area contributed by atoms with Crippen molar-refractivity contribution >= 4 is 129 Å². The molecule has 12 rings (SSSR count). The van der Waals surface area contributed by atoms with E-state index < -0.39 is 0 Å². The lowest BCUT2D eigenvalue weighted by Crippen LogP contribution is -2.11. The Balaban J connectivity index is 1.14. The van der Waals surface area contributed by atoms with Gasteiger partial charge < -0.3 is 9.80 Å². The average molecular weight is 775 g/mol. The molecule has 2 heterocycles. The number of para-hydroxylation sites is 2. The zero-order valence-electron chi connectivity index (χ0n) is 31.3. The van der Waals surface area contributed by atoms with E-state index in [9.17, 15) is 0 Å². The molecular weight excluding hydrogens is 741 g/mol. The molecule has 12 aromatic rings. The van der Waals surface area contributed by atoms with E-state index in [1.807, 2.05) is 22.7 Å². The molecule has 0 unspecified atom stereocenters. The van der Waals surface area contributed by atoms with Gasteiger partial charge in [0, 0.05) is 73.9 Å². The molecule has 0 radical (unpaired) electrons. The maximum atomic E-state index is 2.47. The minimum Gasteiger partial charge on any atom is -0.310 e. The van der Waals surface area contributed by atoms with Gasteiger partial charge in [0.15, 0.2) is 0 Å². The van der Waals surface area contributed by atoms with Crippen LogP contribution in [0.25, 0.3) is 72.7 Å². The first kappa shape index (κ1) is 33.2. The highest BCUT2D eigenvalue weighted by molar-refractivity contribution is 7.26. The van der Waals surface area contributed by atoms with E-state index in [0.29, 0.717) is 0 Å². The van der Waals surface area contributed by atoms with Crippen LogP contribution in [0.15, 0.2) is 206 Å². The van der Waals surface area contributed by atoms with Gasteiger partial charge in [0.2, 0.25) is 0 Å². The minimum absolute atomic E-state index is 1.12. The topological polar surface area (TPSA) is 6.48 Å². The molecular formula is C54H34N2S2. The third kappa shape index (κ3) is 5.23. The Bertz CT molecular complexity index is 3530. The Morgan fingerprint density at radius 3 is 1.33 bits per heavy atom. The molecule has 0 amide bonds. The quantitative estimate of drug-likeness (QED) is 0.155. The largest absolute Gasteiger partial charge is 0.310 e. The van der Waals surface area contributed by atoms with E-state index in [1.54, 1.807) is 0 Å². The van der Waals surface area contributed by atoms with Gasteiger partial charge >= 0.3 is 0 Å². The van der Waals surface area contributed by atoms with Gasteiger partial charge in [0.1, 0.15) is 0 Å². The second-order valence-corrected chi connectivity index (χ2v) is 17.0. The predicted octanol–water partition coefficient (Wildman–Crippen LogP) is 16.8. The van der Waals surface area contributed by atoms with Crippen molar-refractivity contribution in [1.82, 2.24) is 0 Å². The normalized spacial score (nSPS) is 11.8. The summed E-state index contributed by atoms with van der Waals surface area (Å²) < 4.78 is 5.19. The Labute approximate surface area is 343 Å². The van der Waals surface area contributed by atoms with Crippen LogP contribution >= 0.6 is 22.7 Å². The van der Waals surface area contributed by atoms with Gasteiger partial charge in [-0.3, -0.25) is 0 Å². The SMILES string of the molecule is c1ccc(N(c2ccc3c(c2)sc2ccccc23)c2cccc3c2ccc2c4ccccc4cc(N(c4ccccc4)c4ccc5c(c4)sc4ccccc45)c32)cc1.